The molecule has 0 bridgehead atoms. The fourth-order valence-electron chi connectivity index (χ4n) is 3.94. The molecule has 0 fully saturated rings. The van der Waals surface area contributed by atoms with Crippen molar-refractivity contribution in [3.63, 3.8) is 0 Å². The third-order valence-electron chi connectivity index (χ3n) is 5.55. The molecule has 4 aromatic rings. The number of nitrogens with two attached hydrogens (primary N) is 1. The molecule has 0 aliphatic carbocycles. The van der Waals surface area contributed by atoms with Crippen molar-refractivity contribution in [2.45, 2.75) is 26.3 Å². The molecule has 0 spiro atoms. The van der Waals surface area contributed by atoms with Crippen LogP contribution in [0.3, 0.4) is 0 Å². The number of nitrogen functional groups attached to an aromatic ring is 1. The van der Waals surface area contributed by atoms with Crippen molar-refractivity contribution < 1.29 is 18.7 Å². The quantitative estimate of drug-likeness (QED) is 0.334. The molecule has 7 nitrogen and oxygen atoms in total. The van der Waals surface area contributed by atoms with Gasteiger partial charge in [0.15, 0.2) is 11.6 Å². The molecule has 9 heteroatoms. The first kappa shape index (κ1) is 21.4. The summed E-state index contributed by atoms with van der Waals surface area (Å²) in [5, 5.41) is 12.6. The number of hydrogen-bond donors (Lipinski definition) is 4. The number of halogens is 2. The molecular weight excluding hydrogens is 418 g/mol. The van der Waals surface area contributed by atoms with Gasteiger partial charge in [-0.1, -0.05) is 18.2 Å². The highest BCUT2D eigenvalue weighted by molar-refractivity contribution is 5.99. The molecule has 2 aromatic heterocycles. The maximum atomic E-state index is 15.5. The van der Waals surface area contributed by atoms with Crippen LogP contribution in [0.25, 0.3) is 21.8 Å². The maximum Gasteiger partial charge on any atom is 0.341 e. The van der Waals surface area contributed by atoms with Gasteiger partial charge in [0, 0.05) is 35.9 Å². The number of aromatic amines is 1. The number of nitrogens with zero attached hydrogens (tertiary/aromatic N) is 1. The van der Waals surface area contributed by atoms with Crippen molar-refractivity contribution in [2.24, 2.45) is 0 Å². The Morgan fingerprint density at radius 2 is 1.97 bits per heavy atom. The summed E-state index contributed by atoms with van der Waals surface area (Å²) in [4.78, 5) is 27.3. The summed E-state index contributed by atoms with van der Waals surface area (Å²) in [7, 11) is 0. The van der Waals surface area contributed by atoms with E-state index < -0.39 is 51.4 Å². The van der Waals surface area contributed by atoms with Gasteiger partial charge in [-0.2, -0.15) is 0 Å². The minimum Gasteiger partial charge on any atom is -0.477 e. The summed E-state index contributed by atoms with van der Waals surface area (Å²) < 4.78 is 31.8. The van der Waals surface area contributed by atoms with Crippen LogP contribution in [0.15, 0.2) is 41.5 Å². The predicted molar refractivity (Wildman–Crippen MR) is 120 cm³/mol. The molecule has 2 heterocycles. The van der Waals surface area contributed by atoms with E-state index in [4.69, 9.17) is 5.73 Å². The Labute approximate surface area is 181 Å². The fourth-order valence-corrected chi connectivity index (χ4v) is 3.94. The molecule has 0 amide bonds. The smallest absolute Gasteiger partial charge is 0.341 e. The van der Waals surface area contributed by atoms with Crippen molar-refractivity contribution in [3.05, 3.63) is 69.6 Å². The number of pyridine rings is 1. The van der Waals surface area contributed by atoms with Gasteiger partial charge >= 0.3 is 5.97 Å². The molecule has 5 N–H and O–H groups in total. The molecule has 0 saturated heterocycles. The molecule has 0 aliphatic rings. The van der Waals surface area contributed by atoms with Crippen LogP contribution in [0.2, 0.25) is 0 Å². The van der Waals surface area contributed by atoms with Gasteiger partial charge in [-0.05, 0) is 31.9 Å². The zero-order valence-electron chi connectivity index (χ0n) is 17.5. The molecule has 0 radical (unpaired) electrons. The normalized spacial score (nSPS) is 11.5. The first-order valence-corrected chi connectivity index (χ1v) is 10.1. The zero-order chi connectivity index (χ0) is 23.2. The molecule has 0 atom stereocenters. The van der Waals surface area contributed by atoms with Gasteiger partial charge < -0.3 is 25.7 Å². The van der Waals surface area contributed by atoms with Gasteiger partial charge in [0.1, 0.15) is 11.3 Å². The van der Waals surface area contributed by atoms with E-state index in [1.54, 1.807) is 13.8 Å². The lowest BCUT2D eigenvalue weighted by molar-refractivity contribution is 0.0694. The minimum absolute atomic E-state index is 0.208. The van der Waals surface area contributed by atoms with Crippen LogP contribution in [0.1, 0.15) is 35.8 Å². The summed E-state index contributed by atoms with van der Waals surface area (Å²) in [6.07, 6.45) is 3.39. The molecule has 0 saturated carbocycles. The van der Waals surface area contributed by atoms with Crippen molar-refractivity contribution in [2.75, 3.05) is 17.6 Å². The van der Waals surface area contributed by atoms with Crippen LogP contribution >= 0.6 is 0 Å². The number of aromatic carboxylic acids is 1. The van der Waals surface area contributed by atoms with Gasteiger partial charge in [0.05, 0.1) is 16.6 Å². The number of carbonyl (C=O) groups is 1. The predicted octanol–water partition coefficient (Wildman–Crippen LogP) is 4.28. The van der Waals surface area contributed by atoms with Gasteiger partial charge in [0.2, 0.25) is 5.43 Å². The van der Waals surface area contributed by atoms with E-state index in [2.05, 4.69) is 10.3 Å². The Morgan fingerprint density at radius 1 is 1.25 bits per heavy atom. The van der Waals surface area contributed by atoms with Crippen molar-refractivity contribution >= 4 is 39.1 Å². The number of hydrogen-bond acceptors (Lipinski definition) is 4. The van der Waals surface area contributed by atoms with Gasteiger partial charge in [0.25, 0.3) is 0 Å². The molecule has 2 aromatic carbocycles. The Kier molecular flexibility index (Phi) is 5.33. The topological polar surface area (TPSA) is 113 Å². The number of carboxylic acids is 1. The first-order chi connectivity index (χ1) is 15.2. The number of rotatable bonds is 6. The monoisotopic (exact) mass is 440 g/mol. The van der Waals surface area contributed by atoms with Crippen LogP contribution < -0.4 is 16.5 Å². The van der Waals surface area contributed by atoms with Crippen LogP contribution in [-0.2, 0) is 6.42 Å². The summed E-state index contributed by atoms with van der Waals surface area (Å²) >= 11 is 0. The second-order valence-electron chi connectivity index (χ2n) is 7.85. The molecule has 32 heavy (non-hydrogen) atoms. The van der Waals surface area contributed by atoms with Crippen molar-refractivity contribution in [1.82, 2.24) is 9.55 Å². The molecule has 0 unspecified atom stereocenters. The molecule has 4 rings (SSSR count). The van der Waals surface area contributed by atoms with Gasteiger partial charge in [-0.15, -0.1) is 0 Å². The van der Waals surface area contributed by atoms with Crippen LogP contribution in [0, 0.1) is 11.6 Å². The lowest BCUT2D eigenvalue weighted by atomic mass is 10.1. The van der Waals surface area contributed by atoms with Crippen molar-refractivity contribution in [3.8, 4) is 0 Å². The average Bonchev–Trinajstić information content (AvgIpc) is 3.17. The van der Waals surface area contributed by atoms with E-state index >= 15 is 8.78 Å². The van der Waals surface area contributed by atoms with E-state index in [1.807, 2.05) is 30.5 Å². The number of H-pyrrole nitrogens is 1. The number of para-hydroxylation sites is 1. The van der Waals surface area contributed by atoms with E-state index in [1.165, 1.54) is 4.57 Å². The second kappa shape index (κ2) is 7.99. The second-order valence-corrected chi connectivity index (χ2v) is 7.85. The van der Waals surface area contributed by atoms with E-state index in [0.29, 0.717) is 6.42 Å². The van der Waals surface area contributed by atoms with Crippen molar-refractivity contribution in [1.29, 1.82) is 0 Å². The number of aromatic nitrogens is 2. The maximum absolute atomic E-state index is 15.5. The first-order valence-electron chi connectivity index (χ1n) is 10.1. The average molecular weight is 440 g/mol. The standard InChI is InChI=1S/C23H22F2N4O3/c1-11(2)29-10-14(23(31)32)22(30)16-19(26)17(24)20(18(25)21(16)29)27-8-7-12-9-28-15-6-4-3-5-13(12)15/h3-6,9-11,27-28H,7-8,26H2,1-2H3,(H,31,32). The Morgan fingerprint density at radius 3 is 2.66 bits per heavy atom. The molecule has 0 aliphatic heterocycles. The largest absolute Gasteiger partial charge is 0.477 e. The zero-order valence-corrected chi connectivity index (χ0v) is 17.5. The highest BCUT2D eigenvalue weighted by Crippen LogP contribution is 2.34. The molecular formula is C23H22F2N4O3. The summed E-state index contributed by atoms with van der Waals surface area (Å²) in [6.45, 7) is 3.59. The lowest BCUT2D eigenvalue weighted by Gasteiger charge is -2.20. The number of carboxylic acid groups (broad SMARTS) is 1. The Bertz CT molecular complexity index is 1420. The van der Waals surface area contributed by atoms with Crippen LogP contribution in [0.4, 0.5) is 20.2 Å². The third kappa shape index (κ3) is 3.35. The van der Waals surface area contributed by atoms with E-state index in [9.17, 15) is 14.7 Å². The highest BCUT2D eigenvalue weighted by Gasteiger charge is 2.26. The summed E-state index contributed by atoms with van der Waals surface area (Å²) in [5.41, 5.74) is 4.92. The fraction of sp³-hybridized carbons (Fsp3) is 0.217. The van der Waals surface area contributed by atoms with Crippen LogP contribution in [0.5, 0.6) is 0 Å². The highest BCUT2D eigenvalue weighted by atomic mass is 19.1. The minimum atomic E-state index is -1.49. The van der Waals surface area contributed by atoms with Gasteiger partial charge in [-0.25, -0.2) is 13.6 Å². The Hall–Kier alpha value is -3.88. The third-order valence-corrected chi connectivity index (χ3v) is 5.55. The van der Waals surface area contributed by atoms with E-state index in [-0.39, 0.29) is 12.1 Å². The molecule has 166 valence electrons. The van der Waals surface area contributed by atoms with Crippen LogP contribution in [-0.4, -0.2) is 27.2 Å². The van der Waals surface area contributed by atoms with E-state index in [0.717, 1.165) is 22.7 Å². The lowest BCUT2D eigenvalue weighted by Crippen LogP contribution is -2.23. The number of nitrogens with one attached hydrogen (secondary N) is 2. The summed E-state index contributed by atoms with van der Waals surface area (Å²) in [6, 6.07) is 7.30. The number of benzene rings is 2. The van der Waals surface area contributed by atoms with Gasteiger partial charge in [-0.3, -0.25) is 4.79 Å². The number of anilines is 2. The number of fused-ring (bicyclic) bond motifs is 2. The summed E-state index contributed by atoms with van der Waals surface area (Å²) in [5.74, 6) is -3.61. The Balaban J connectivity index is 1.78. The SMILES string of the molecule is CC(C)n1cc(C(=O)O)c(=O)c2c(N)c(F)c(NCCc3c[nH]c4ccccc34)c(F)c21.